The van der Waals surface area contributed by atoms with Crippen LogP contribution >= 0.6 is 0 Å². The first-order chi connectivity index (χ1) is 9.59. The third-order valence-corrected chi connectivity index (χ3v) is 5.21. The van der Waals surface area contributed by atoms with Crippen molar-refractivity contribution in [2.45, 2.75) is 38.6 Å². The van der Waals surface area contributed by atoms with Crippen molar-refractivity contribution in [1.82, 2.24) is 10.6 Å². The van der Waals surface area contributed by atoms with Gasteiger partial charge in [0.05, 0.1) is 5.75 Å². The monoisotopic (exact) mass is 320 g/mol. The predicted molar refractivity (Wildman–Crippen MR) is 78.8 cm³/mol. The van der Waals surface area contributed by atoms with E-state index in [9.17, 15) is 23.1 Å². The fourth-order valence-corrected chi connectivity index (χ4v) is 3.45. The number of amides is 2. The zero-order valence-corrected chi connectivity index (χ0v) is 13.5. The third-order valence-electron chi connectivity index (χ3n) is 4.26. The number of carbonyl (C=O) groups is 2. The van der Waals surface area contributed by atoms with Crippen LogP contribution in [0.3, 0.4) is 0 Å². The standard InChI is InChI=1S/C13H24N2O5S/c1-9-5-4-6-10(2)13(9,11(16)17)15-12(18)14-7-8-21(3,19)20/h9-10H,4-8H2,1-3H3,(H,16,17)(H2,14,15,18). The van der Waals surface area contributed by atoms with Gasteiger partial charge in [-0.15, -0.1) is 0 Å². The van der Waals surface area contributed by atoms with Crippen molar-refractivity contribution in [2.24, 2.45) is 11.8 Å². The highest BCUT2D eigenvalue weighted by molar-refractivity contribution is 7.90. The SMILES string of the molecule is CC1CCCC(C)C1(NC(=O)NCCS(C)(=O)=O)C(=O)O. The Kier molecular flexibility index (Phi) is 5.61. The largest absolute Gasteiger partial charge is 0.479 e. The van der Waals surface area contributed by atoms with Crippen molar-refractivity contribution in [1.29, 1.82) is 0 Å². The van der Waals surface area contributed by atoms with Crippen molar-refractivity contribution >= 4 is 21.8 Å². The molecule has 1 fully saturated rings. The second kappa shape index (κ2) is 6.64. The third kappa shape index (κ3) is 4.33. The summed E-state index contributed by atoms with van der Waals surface area (Å²) in [6, 6.07) is -0.637. The Morgan fingerprint density at radius 3 is 2.19 bits per heavy atom. The van der Waals surface area contributed by atoms with Gasteiger partial charge >= 0.3 is 12.0 Å². The molecule has 2 amide bonds. The molecule has 1 aliphatic rings. The molecule has 0 spiro atoms. The van der Waals surface area contributed by atoms with E-state index in [0.29, 0.717) is 0 Å². The minimum absolute atomic E-state index is 0.0386. The summed E-state index contributed by atoms with van der Waals surface area (Å²) in [5.41, 5.74) is -1.30. The van der Waals surface area contributed by atoms with Gasteiger partial charge in [-0.3, -0.25) is 0 Å². The van der Waals surface area contributed by atoms with Crippen LogP contribution in [0.15, 0.2) is 0 Å². The molecular formula is C13H24N2O5S. The van der Waals surface area contributed by atoms with Gasteiger partial charge in [-0.25, -0.2) is 18.0 Å². The summed E-state index contributed by atoms with van der Waals surface area (Å²) in [4.78, 5) is 23.6. The molecule has 0 aliphatic heterocycles. The molecule has 7 nitrogen and oxygen atoms in total. The van der Waals surface area contributed by atoms with Gasteiger partial charge in [-0.05, 0) is 24.7 Å². The van der Waals surface area contributed by atoms with E-state index in [1.165, 1.54) is 0 Å². The van der Waals surface area contributed by atoms with Gasteiger partial charge in [0.15, 0.2) is 0 Å². The van der Waals surface area contributed by atoms with E-state index in [-0.39, 0.29) is 24.1 Å². The van der Waals surface area contributed by atoms with Crippen LogP contribution in [0, 0.1) is 11.8 Å². The van der Waals surface area contributed by atoms with Crippen molar-refractivity contribution < 1.29 is 23.1 Å². The minimum atomic E-state index is -3.16. The molecule has 8 heteroatoms. The summed E-state index contributed by atoms with van der Waals surface area (Å²) in [7, 11) is -3.16. The molecular weight excluding hydrogens is 296 g/mol. The molecule has 21 heavy (non-hydrogen) atoms. The van der Waals surface area contributed by atoms with Crippen LogP contribution in [0.25, 0.3) is 0 Å². The van der Waals surface area contributed by atoms with Crippen LogP contribution < -0.4 is 10.6 Å². The number of urea groups is 1. The normalized spacial score (nSPS) is 29.7. The topological polar surface area (TPSA) is 113 Å². The average molecular weight is 320 g/mol. The fourth-order valence-electron chi connectivity index (χ4n) is 2.97. The Labute approximate surface area is 125 Å². The van der Waals surface area contributed by atoms with Crippen LogP contribution in [-0.2, 0) is 14.6 Å². The lowest BCUT2D eigenvalue weighted by atomic mass is 9.67. The lowest BCUT2D eigenvalue weighted by Gasteiger charge is -2.44. The summed E-state index contributed by atoms with van der Waals surface area (Å²) in [6.45, 7) is 3.60. The Morgan fingerprint density at radius 2 is 1.76 bits per heavy atom. The summed E-state index contributed by atoms with van der Waals surface area (Å²) in [5.74, 6) is -1.58. The highest BCUT2D eigenvalue weighted by Crippen LogP contribution is 2.38. The van der Waals surface area contributed by atoms with Gasteiger partial charge < -0.3 is 15.7 Å². The van der Waals surface area contributed by atoms with Crippen molar-refractivity contribution in [3.05, 3.63) is 0 Å². The molecule has 1 aliphatic carbocycles. The number of aliphatic carboxylic acids is 1. The molecule has 0 aromatic rings. The number of rotatable bonds is 5. The van der Waals surface area contributed by atoms with E-state index >= 15 is 0 Å². The molecule has 0 radical (unpaired) electrons. The highest BCUT2D eigenvalue weighted by atomic mass is 32.2. The van der Waals surface area contributed by atoms with Gasteiger partial charge in [0.25, 0.3) is 0 Å². The Bertz CT molecular complexity index is 493. The molecule has 1 saturated carbocycles. The van der Waals surface area contributed by atoms with E-state index in [0.717, 1.165) is 25.5 Å². The van der Waals surface area contributed by atoms with E-state index in [4.69, 9.17) is 0 Å². The van der Waals surface area contributed by atoms with Crippen molar-refractivity contribution in [2.75, 3.05) is 18.6 Å². The van der Waals surface area contributed by atoms with Gasteiger partial charge in [0.2, 0.25) is 0 Å². The zero-order chi connectivity index (χ0) is 16.3. The maximum Gasteiger partial charge on any atom is 0.330 e. The molecule has 0 saturated heterocycles. The second-order valence-electron chi connectivity index (χ2n) is 5.92. The fraction of sp³-hybridized carbons (Fsp3) is 0.846. The Balaban J connectivity index is 2.74. The summed E-state index contributed by atoms with van der Waals surface area (Å²) < 4.78 is 22.0. The number of carboxylic acid groups (broad SMARTS) is 1. The first kappa shape index (κ1) is 17.7. The lowest BCUT2D eigenvalue weighted by Crippen LogP contribution is -2.65. The van der Waals surface area contributed by atoms with E-state index in [1.807, 2.05) is 13.8 Å². The van der Waals surface area contributed by atoms with Gasteiger partial charge in [0, 0.05) is 12.8 Å². The first-order valence-corrected chi connectivity index (χ1v) is 9.12. The second-order valence-corrected chi connectivity index (χ2v) is 8.18. The summed E-state index contributed by atoms with van der Waals surface area (Å²) in [5, 5.41) is 14.6. The van der Waals surface area contributed by atoms with Crippen LogP contribution in [0.1, 0.15) is 33.1 Å². The maximum absolute atomic E-state index is 11.9. The van der Waals surface area contributed by atoms with Gasteiger partial charge in [-0.1, -0.05) is 20.3 Å². The van der Waals surface area contributed by atoms with Gasteiger partial charge in [0.1, 0.15) is 15.4 Å². The van der Waals surface area contributed by atoms with Crippen LogP contribution in [-0.4, -0.2) is 49.6 Å². The molecule has 122 valence electrons. The number of carbonyl (C=O) groups excluding carboxylic acids is 1. The number of sulfone groups is 1. The summed E-state index contributed by atoms with van der Waals surface area (Å²) >= 11 is 0. The molecule has 0 aromatic heterocycles. The molecule has 2 atom stereocenters. The molecule has 0 heterocycles. The number of carboxylic acids is 1. The van der Waals surface area contributed by atoms with Crippen molar-refractivity contribution in [3.8, 4) is 0 Å². The Hall–Kier alpha value is -1.31. The lowest BCUT2D eigenvalue weighted by molar-refractivity contribution is -0.151. The smallest absolute Gasteiger partial charge is 0.330 e. The number of hydrogen-bond donors (Lipinski definition) is 3. The molecule has 2 unspecified atom stereocenters. The van der Waals surface area contributed by atoms with Crippen LogP contribution in [0.2, 0.25) is 0 Å². The van der Waals surface area contributed by atoms with E-state index in [2.05, 4.69) is 10.6 Å². The number of nitrogens with one attached hydrogen (secondary N) is 2. The van der Waals surface area contributed by atoms with E-state index < -0.39 is 27.4 Å². The highest BCUT2D eigenvalue weighted by Gasteiger charge is 2.51. The van der Waals surface area contributed by atoms with Crippen LogP contribution in [0.5, 0.6) is 0 Å². The maximum atomic E-state index is 11.9. The predicted octanol–water partition coefficient (Wildman–Crippen LogP) is 0.610. The molecule has 0 bridgehead atoms. The number of hydrogen-bond acceptors (Lipinski definition) is 4. The quantitative estimate of drug-likeness (QED) is 0.687. The molecule has 0 aromatic carbocycles. The molecule has 3 N–H and O–H groups in total. The first-order valence-electron chi connectivity index (χ1n) is 7.06. The van der Waals surface area contributed by atoms with Gasteiger partial charge in [-0.2, -0.15) is 0 Å². The zero-order valence-electron chi connectivity index (χ0n) is 12.7. The minimum Gasteiger partial charge on any atom is -0.479 e. The van der Waals surface area contributed by atoms with Crippen molar-refractivity contribution in [3.63, 3.8) is 0 Å². The molecule has 1 rings (SSSR count). The Morgan fingerprint density at radius 1 is 1.24 bits per heavy atom. The average Bonchev–Trinajstić information content (AvgIpc) is 2.32. The van der Waals surface area contributed by atoms with Crippen LogP contribution in [0.4, 0.5) is 4.79 Å². The summed E-state index contributed by atoms with van der Waals surface area (Å²) in [6.07, 6.45) is 3.49. The van der Waals surface area contributed by atoms with E-state index in [1.54, 1.807) is 0 Å².